The van der Waals surface area contributed by atoms with Crippen LogP contribution in [0, 0.1) is 5.41 Å². The van der Waals surface area contributed by atoms with Crippen molar-refractivity contribution in [2.75, 3.05) is 6.61 Å². The first-order chi connectivity index (χ1) is 12.5. The van der Waals surface area contributed by atoms with Gasteiger partial charge >= 0.3 is 23.9 Å². The van der Waals surface area contributed by atoms with Gasteiger partial charge in [0.2, 0.25) is 0 Å². The highest BCUT2D eigenvalue weighted by Crippen LogP contribution is 2.63. The molecule has 27 heavy (non-hydrogen) atoms. The summed E-state index contributed by atoms with van der Waals surface area (Å²) in [5.41, 5.74) is -0.471. The molecule has 0 bridgehead atoms. The summed E-state index contributed by atoms with van der Waals surface area (Å²) >= 11 is 0. The Morgan fingerprint density at radius 1 is 1.11 bits per heavy atom. The van der Waals surface area contributed by atoms with Crippen LogP contribution in [0.4, 0.5) is 0 Å². The Hall–Kier alpha value is 0.435. The first kappa shape index (κ1) is 23.7. The average molecular weight is 450 g/mol. The molecule has 2 aliphatic rings. The summed E-state index contributed by atoms with van der Waals surface area (Å²) in [7, 11) is -12.4. The second-order valence-corrected chi connectivity index (χ2v) is 11.0. The number of hydrogen-bond donors (Lipinski definition) is 4. The van der Waals surface area contributed by atoms with E-state index < -0.39 is 48.1 Å². The van der Waals surface area contributed by atoms with Gasteiger partial charge in [0, 0.05) is 11.4 Å². The predicted molar refractivity (Wildman–Crippen MR) is 97.0 cm³/mol. The highest BCUT2D eigenvalue weighted by atomic mass is 31.3. The molecule has 1 aliphatic heterocycles. The van der Waals surface area contributed by atoms with Gasteiger partial charge < -0.3 is 24.5 Å². The molecule has 0 aromatic rings. The zero-order valence-corrected chi connectivity index (χ0v) is 17.7. The van der Waals surface area contributed by atoms with E-state index in [4.69, 9.17) is 14.5 Å². The van der Waals surface area contributed by atoms with Crippen LogP contribution in [0.25, 0.3) is 0 Å². The van der Waals surface area contributed by atoms with Crippen LogP contribution in [0.15, 0.2) is 0 Å². The molecule has 6 atom stereocenters. The largest absolute Gasteiger partial charge is 0.488 e. The fourth-order valence-corrected chi connectivity index (χ4v) is 6.71. The average Bonchev–Trinajstić information content (AvgIpc) is 2.71. The van der Waals surface area contributed by atoms with E-state index in [0.29, 0.717) is 0 Å². The Morgan fingerprint density at radius 2 is 1.67 bits per heavy atom. The minimum absolute atomic E-state index is 0.287. The molecule has 158 valence electrons. The van der Waals surface area contributed by atoms with E-state index >= 15 is 0 Å². The van der Waals surface area contributed by atoms with Crippen molar-refractivity contribution in [1.29, 1.82) is 0 Å². The minimum Gasteiger partial charge on any atom is -0.390 e. The third kappa shape index (κ3) is 6.46. The van der Waals surface area contributed by atoms with Crippen LogP contribution in [0.2, 0.25) is 0 Å². The molecular formula is C12H26BO11P3. The van der Waals surface area contributed by atoms with Crippen molar-refractivity contribution in [1.82, 2.24) is 0 Å². The van der Waals surface area contributed by atoms with Gasteiger partial charge in [0.25, 0.3) is 0 Å². The zero-order valence-electron chi connectivity index (χ0n) is 14.9. The molecule has 2 fully saturated rings. The van der Waals surface area contributed by atoms with E-state index in [1.165, 1.54) is 0 Å². The van der Waals surface area contributed by atoms with Crippen LogP contribution in [0.5, 0.6) is 0 Å². The molecule has 1 aliphatic carbocycles. The minimum atomic E-state index is -5.26. The van der Waals surface area contributed by atoms with Crippen molar-refractivity contribution in [2.24, 2.45) is 5.41 Å². The molecule has 15 heteroatoms. The highest BCUT2D eigenvalue weighted by Gasteiger charge is 2.53. The Bertz CT molecular complexity index is 624. The Balaban J connectivity index is 1.98. The molecule has 1 spiro atoms. The Labute approximate surface area is 159 Å². The monoisotopic (exact) mass is 450 g/mol. The molecular weight excluding hydrogens is 424 g/mol. The molecule has 0 aromatic heterocycles. The van der Waals surface area contributed by atoms with Crippen molar-refractivity contribution in [3.05, 3.63) is 0 Å². The summed E-state index contributed by atoms with van der Waals surface area (Å²) in [4.78, 5) is 27.2. The van der Waals surface area contributed by atoms with Crippen molar-refractivity contribution in [3.63, 3.8) is 0 Å². The van der Waals surface area contributed by atoms with Crippen LogP contribution < -0.4 is 0 Å². The molecule has 1 saturated carbocycles. The second kappa shape index (κ2) is 9.50. The summed E-state index contributed by atoms with van der Waals surface area (Å²) < 4.78 is 51.7. The Morgan fingerprint density at radius 3 is 2.22 bits per heavy atom. The van der Waals surface area contributed by atoms with Crippen LogP contribution in [0.1, 0.15) is 44.9 Å². The number of ether oxygens (including phenoxy) is 1. The van der Waals surface area contributed by atoms with Gasteiger partial charge in [-0.15, -0.1) is 0 Å². The van der Waals surface area contributed by atoms with Crippen LogP contribution in [-0.2, 0) is 31.6 Å². The van der Waals surface area contributed by atoms with Crippen LogP contribution in [0.3, 0.4) is 0 Å². The lowest BCUT2D eigenvalue weighted by Crippen LogP contribution is -2.42. The highest BCUT2D eigenvalue weighted by molar-refractivity contribution is 7.64. The number of phosphoric ester groups is 1. The van der Waals surface area contributed by atoms with Gasteiger partial charge in [-0.05, 0) is 12.8 Å². The molecule has 11 nitrogen and oxygen atoms in total. The first-order valence-electron chi connectivity index (χ1n) is 8.75. The third-order valence-electron chi connectivity index (χ3n) is 5.22. The maximum absolute atomic E-state index is 11.8. The van der Waals surface area contributed by atoms with E-state index in [1.807, 2.05) is 7.85 Å². The van der Waals surface area contributed by atoms with Crippen molar-refractivity contribution in [3.8, 4) is 0 Å². The molecule has 0 amide bonds. The lowest BCUT2D eigenvalue weighted by Gasteiger charge is -2.37. The van der Waals surface area contributed by atoms with E-state index in [-0.39, 0.29) is 6.00 Å². The van der Waals surface area contributed by atoms with E-state index in [9.17, 15) is 23.7 Å². The number of phosphoric acid groups is 2. The summed E-state index contributed by atoms with van der Waals surface area (Å²) in [6.45, 7) is -0.560. The topological polar surface area (TPSA) is 169 Å². The van der Waals surface area contributed by atoms with Crippen LogP contribution in [-0.4, -0.2) is 52.5 Å². The first-order valence-corrected chi connectivity index (χ1v) is 13.0. The van der Waals surface area contributed by atoms with Gasteiger partial charge in [-0.3, -0.25) is 9.09 Å². The second-order valence-electron chi connectivity index (χ2n) is 6.93. The summed E-state index contributed by atoms with van der Waals surface area (Å²) in [6.07, 6.45) is 4.88. The lowest BCUT2D eigenvalue weighted by atomic mass is 9.63. The molecule has 0 radical (unpaired) electrons. The van der Waals surface area contributed by atoms with Crippen molar-refractivity contribution >= 4 is 31.7 Å². The van der Waals surface area contributed by atoms with Gasteiger partial charge in [0.05, 0.1) is 12.7 Å². The van der Waals surface area contributed by atoms with E-state index in [1.54, 1.807) is 0 Å². The summed E-state index contributed by atoms with van der Waals surface area (Å²) in [5, 5.41) is 10.8. The third-order valence-corrected chi connectivity index (χ3v) is 8.89. The standard InChI is InChI=1S/C12H26BO11P3/c13-11-12(6-4-2-1-3-5-7-12)10(14)9(22-11)8-21-26(17,18)24-27(19,20)23-25(15)16/h9-11,14,25H,1-8,13H2,(H,15,16)(H,17,18)(H,19,20). The zero-order chi connectivity index (χ0) is 20.3. The molecule has 0 aromatic carbocycles. The lowest BCUT2D eigenvalue weighted by molar-refractivity contribution is -0.0113. The van der Waals surface area contributed by atoms with Gasteiger partial charge in [0.15, 0.2) is 0 Å². The maximum Gasteiger partial charge on any atom is 0.488 e. The summed E-state index contributed by atoms with van der Waals surface area (Å²) in [6, 6.07) is -0.287. The van der Waals surface area contributed by atoms with Crippen molar-refractivity contribution in [2.45, 2.75) is 63.2 Å². The van der Waals surface area contributed by atoms with Gasteiger partial charge in [0.1, 0.15) is 14.0 Å². The number of rotatable bonds is 7. The smallest absolute Gasteiger partial charge is 0.390 e. The molecule has 1 heterocycles. The molecule has 6 unspecified atom stereocenters. The van der Waals surface area contributed by atoms with Gasteiger partial charge in [-0.1, -0.05) is 32.1 Å². The van der Waals surface area contributed by atoms with Crippen molar-refractivity contribution < 1.29 is 51.4 Å². The fourth-order valence-electron chi connectivity index (χ4n) is 3.92. The quantitative estimate of drug-likeness (QED) is 0.323. The molecule has 1 saturated heterocycles. The molecule has 4 N–H and O–H groups in total. The normalized spacial score (nSPS) is 34.3. The van der Waals surface area contributed by atoms with Crippen LogP contribution >= 0.6 is 23.9 Å². The summed E-state index contributed by atoms with van der Waals surface area (Å²) in [5.74, 6) is 0. The number of hydrogen-bond acceptors (Lipinski definition) is 8. The van der Waals surface area contributed by atoms with E-state index in [2.05, 4.69) is 13.1 Å². The number of aliphatic hydroxyl groups excluding tert-OH is 1. The predicted octanol–water partition coefficient (Wildman–Crippen LogP) is 1.07. The van der Waals surface area contributed by atoms with Gasteiger partial charge in [-0.2, -0.15) is 4.31 Å². The van der Waals surface area contributed by atoms with E-state index in [0.717, 1.165) is 44.9 Å². The Kier molecular flexibility index (Phi) is 8.34. The SMILES string of the molecule is BC1OC(COP(=O)(O)OP(=O)(O)O[PH](=O)O)C(O)C12CCCCCCC2. The fraction of sp³-hybridized carbons (Fsp3) is 1.00. The number of aliphatic hydroxyl groups is 1. The molecule has 2 rings (SSSR count). The maximum atomic E-state index is 11.8. The van der Waals surface area contributed by atoms with Gasteiger partial charge in [-0.25, -0.2) is 13.4 Å².